The van der Waals surface area contributed by atoms with Crippen molar-refractivity contribution in [1.82, 2.24) is 5.32 Å². The van der Waals surface area contributed by atoms with Gasteiger partial charge in [0.1, 0.15) is 19.0 Å². The van der Waals surface area contributed by atoms with Crippen molar-refractivity contribution in [3.63, 3.8) is 0 Å². The SMILES string of the molecule is CC(C)C(NC(=O)Nc1ccc(F)cc1)c1ccc2c(c1)OCCO2. The third-order valence-electron chi connectivity index (χ3n) is 3.98. The predicted octanol–water partition coefficient (Wildman–Crippen LogP) is 4.12. The van der Waals surface area contributed by atoms with Gasteiger partial charge in [-0.2, -0.15) is 0 Å². The van der Waals surface area contributed by atoms with Gasteiger partial charge in [0.15, 0.2) is 11.5 Å². The van der Waals surface area contributed by atoms with Crippen LogP contribution in [0, 0.1) is 11.7 Å². The highest BCUT2D eigenvalue weighted by Crippen LogP contribution is 2.34. The lowest BCUT2D eigenvalue weighted by Crippen LogP contribution is -2.35. The molecule has 1 unspecified atom stereocenters. The monoisotopic (exact) mass is 344 g/mol. The normalized spacial score (nSPS) is 14.1. The lowest BCUT2D eigenvalue weighted by Gasteiger charge is -2.25. The summed E-state index contributed by atoms with van der Waals surface area (Å²) in [5.74, 6) is 1.23. The zero-order valence-corrected chi connectivity index (χ0v) is 14.2. The summed E-state index contributed by atoms with van der Waals surface area (Å²) >= 11 is 0. The molecule has 0 aliphatic carbocycles. The fraction of sp³-hybridized carbons (Fsp3) is 0.316. The lowest BCUT2D eigenvalue weighted by atomic mass is 9.95. The van der Waals surface area contributed by atoms with Gasteiger partial charge in [0.05, 0.1) is 6.04 Å². The number of hydrogen-bond donors (Lipinski definition) is 2. The first kappa shape index (κ1) is 17.1. The minimum atomic E-state index is -0.347. The number of anilines is 1. The average Bonchev–Trinajstić information content (AvgIpc) is 2.61. The van der Waals surface area contributed by atoms with Crippen LogP contribution in [0.2, 0.25) is 0 Å². The van der Waals surface area contributed by atoms with E-state index in [-0.39, 0.29) is 23.8 Å². The Bertz CT molecular complexity index is 747. The zero-order valence-electron chi connectivity index (χ0n) is 14.2. The first-order valence-corrected chi connectivity index (χ1v) is 8.25. The van der Waals surface area contributed by atoms with Crippen LogP contribution in [0.15, 0.2) is 42.5 Å². The molecular formula is C19H21FN2O3. The van der Waals surface area contributed by atoms with Gasteiger partial charge in [0.25, 0.3) is 0 Å². The van der Waals surface area contributed by atoms with Crippen LogP contribution >= 0.6 is 0 Å². The van der Waals surface area contributed by atoms with Gasteiger partial charge in [-0.1, -0.05) is 19.9 Å². The van der Waals surface area contributed by atoms with E-state index in [1.807, 2.05) is 32.0 Å². The van der Waals surface area contributed by atoms with Gasteiger partial charge in [-0.15, -0.1) is 0 Å². The van der Waals surface area contributed by atoms with E-state index < -0.39 is 0 Å². The van der Waals surface area contributed by atoms with Gasteiger partial charge in [-0.3, -0.25) is 0 Å². The number of amides is 2. The van der Waals surface area contributed by atoms with E-state index in [0.29, 0.717) is 30.4 Å². The summed E-state index contributed by atoms with van der Waals surface area (Å²) in [5.41, 5.74) is 1.47. The molecule has 2 aromatic carbocycles. The molecule has 0 fully saturated rings. The Morgan fingerprint density at radius 1 is 1.04 bits per heavy atom. The van der Waals surface area contributed by atoms with Crippen molar-refractivity contribution in [1.29, 1.82) is 0 Å². The molecule has 132 valence electrons. The molecule has 1 aliphatic rings. The molecule has 0 saturated heterocycles. The summed E-state index contributed by atoms with van der Waals surface area (Å²) in [6.45, 7) is 5.11. The Labute approximate surface area is 146 Å². The quantitative estimate of drug-likeness (QED) is 0.877. The van der Waals surface area contributed by atoms with Crippen LogP contribution in [0.1, 0.15) is 25.5 Å². The maximum atomic E-state index is 12.9. The number of rotatable bonds is 4. The smallest absolute Gasteiger partial charge is 0.319 e. The van der Waals surface area contributed by atoms with E-state index in [4.69, 9.17) is 9.47 Å². The summed E-state index contributed by atoms with van der Waals surface area (Å²) in [5, 5.41) is 5.68. The number of carbonyl (C=O) groups is 1. The van der Waals surface area contributed by atoms with Crippen molar-refractivity contribution >= 4 is 11.7 Å². The predicted molar refractivity (Wildman–Crippen MR) is 93.6 cm³/mol. The van der Waals surface area contributed by atoms with Crippen LogP contribution < -0.4 is 20.1 Å². The maximum Gasteiger partial charge on any atom is 0.319 e. The average molecular weight is 344 g/mol. The fourth-order valence-corrected chi connectivity index (χ4v) is 2.73. The second-order valence-electron chi connectivity index (χ2n) is 6.23. The molecule has 0 spiro atoms. The van der Waals surface area contributed by atoms with Crippen molar-refractivity contribution in [2.75, 3.05) is 18.5 Å². The van der Waals surface area contributed by atoms with E-state index in [1.165, 1.54) is 24.3 Å². The third kappa shape index (κ3) is 4.21. The second kappa shape index (κ2) is 7.42. The van der Waals surface area contributed by atoms with Crippen LogP contribution in [0.4, 0.5) is 14.9 Å². The number of fused-ring (bicyclic) bond motifs is 1. The van der Waals surface area contributed by atoms with Gasteiger partial charge in [0, 0.05) is 5.69 Å². The van der Waals surface area contributed by atoms with Crippen molar-refractivity contribution < 1.29 is 18.7 Å². The molecule has 2 amide bonds. The Hall–Kier alpha value is -2.76. The van der Waals surface area contributed by atoms with Crippen LogP contribution in [-0.4, -0.2) is 19.2 Å². The first-order valence-electron chi connectivity index (χ1n) is 8.25. The number of urea groups is 1. The molecule has 0 saturated carbocycles. The van der Waals surface area contributed by atoms with Crippen LogP contribution in [0.25, 0.3) is 0 Å². The van der Waals surface area contributed by atoms with Crippen molar-refractivity contribution in [2.24, 2.45) is 5.92 Å². The molecule has 6 heteroatoms. The summed E-state index contributed by atoms with van der Waals surface area (Å²) in [4.78, 5) is 12.3. The molecule has 25 heavy (non-hydrogen) atoms. The Kier molecular flexibility index (Phi) is 5.07. The van der Waals surface area contributed by atoms with E-state index in [0.717, 1.165) is 5.56 Å². The van der Waals surface area contributed by atoms with Crippen molar-refractivity contribution in [3.8, 4) is 11.5 Å². The molecule has 0 aromatic heterocycles. The number of carbonyl (C=O) groups excluding carboxylic acids is 1. The van der Waals surface area contributed by atoms with Gasteiger partial charge >= 0.3 is 6.03 Å². The summed E-state index contributed by atoms with van der Waals surface area (Å²) in [6, 6.07) is 10.8. The fourth-order valence-electron chi connectivity index (χ4n) is 2.73. The van der Waals surface area contributed by atoms with E-state index in [9.17, 15) is 9.18 Å². The van der Waals surface area contributed by atoms with Crippen molar-refractivity contribution in [2.45, 2.75) is 19.9 Å². The minimum Gasteiger partial charge on any atom is -0.486 e. The van der Waals surface area contributed by atoms with E-state index >= 15 is 0 Å². The van der Waals surface area contributed by atoms with E-state index in [1.54, 1.807) is 0 Å². The number of hydrogen-bond acceptors (Lipinski definition) is 3. The second-order valence-corrected chi connectivity index (χ2v) is 6.23. The van der Waals surface area contributed by atoms with Gasteiger partial charge in [0.2, 0.25) is 0 Å². The molecule has 0 bridgehead atoms. The van der Waals surface area contributed by atoms with Crippen LogP contribution in [0.5, 0.6) is 11.5 Å². The molecular weight excluding hydrogens is 323 g/mol. The Balaban J connectivity index is 1.72. The lowest BCUT2D eigenvalue weighted by molar-refractivity contribution is 0.171. The molecule has 2 aromatic rings. The molecule has 1 aliphatic heterocycles. The third-order valence-corrected chi connectivity index (χ3v) is 3.98. The standard InChI is InChI=1S/C19H21FN2O3/c1-12(2)18(13-3-8-16-17(11-13)25-10-9-24-16)22-19(23)21-15-6-4-14(20)5-7-15/h3-8,11-12,18H,9-10H2,1-2H3,(H2,21,22,23). The summed E-state index contributed by atoms with van der Waals surface area (Å²) < 4.78 is 24.1. The highest BCUT2D eigenvalue weighted by Gasteiger charge is 2.21. The minimum absolute atomic E-state index is 0.168. The molecule has 2 N–H and O–H groups in total. The first-order chi connectivity index (χ1) is 12.0. The van der Waals surface area contributed by atoms with Crippen LogP contribution in [0.3, 0.4) is 0 Å². The Morgan fingerprint density at radius 3 is 2.40 bits per heavy atom. The Morgan fingerprint density at radius 2 is 1.72 bits per heavy atom. The molecule has 1 atom stereocenters. The molecule has 1 heterocycles. The summed E-state index contributed by atoms with van der Waals surface area (Å²) in [6.07, 6.45) is 0. The highest BCUT2D eigenvalue weighted by atomic mass is 19.1. The number of nitrogens with one attached hydrogen (secondary N) is 2. The topological polar surface area (TPSA) is 59.6 Å². The number of ether oxygens (including phenoxy) is 2. The molecule has 0 radical (unpaired) electrons. The molecule has 3 rings (SSSR count). The zero-order chi connectivity index (χ0) is 17.8. The largest absolute Gasteiger partial charge is 0.486 e. The summed E-state index contributed by atoms with van der Waals surface area (Å²) in [7, 11) is 0. The van der Waals surface area contributed by atoms with E-state index in [2.05, 4.69) is 10.6 Å². The van der Waals surface area contributed by atoms with Crippen LogP contribution in [-0.2, 0) is 0 Å². The van der Waals surface area contributed by atoms with Gasteiger partial charge in [-0.25, -0.2) is 9.18 Å². The molecule has 5 nitrogen and oxygen atoms in total. The maximum absolute atomic E-state index is 12.9. The number of benzene rings is 2. The van der Waals surface area contributed by atoms with Crippen molar-refractivity contribution in [3.05, 3.63) is 53.8 Å². The van der Waals surface area contributed by atoms with Gasteiger partial charge in [-0.05, 0) is 47.9 Å². The van der Waals surface area contributed by atoms with Gasteiger partial charge < -0.3 is 20.1 Å². The highest BCUT2D eigenvalue weighted by molar-refractivity contribution is 5.89. The number of halogens is 1.